The van der Waals surface area contributed by atoms with Gasteiger partial charge in [0.1, 0.15) is 11.9 Å². The van der Waals surface area contributed by atoms with Crippen LogP contribution >= 0.6 is 0 Å². The van der Waals surface area contributed by atoms with E-state index < -0.39 is 10.5 Å². The monoisotopic (exact) mass is 533 g/mol. The summed E-state index contributed by atoms with van der Waals surface area (Å²) in [5.74, 6) is 0.708. The third-order valence-electron chi connectivity index (χ3n) is 7.17. The van der Waals surface area contributed by atoms with Gasteiger partial charge in [0.15, 0.2) is 5.54 Å². The van der Waals surface area contributed by atoms with E-state index in [9.17, 15) is 10.1 Å². The second-order valence-corrected chi connectivity index (χ2v) is 9.58. The number of benzene rings is 4. The smallest absolute Gasteiger partial charge is 0.270 e. The van der Waals surface area contributed by atoms with E-state index in [1.54, 1.807) is 10.9 Å². The van der Waals surface area contributed by atoms with E-state index in [0.717, 1.165) is 29.5 Å². The van der Waals surface area contributed by atoms with Crippen molar-refractivity contribution in [1.82, 2.24) is 20.2 Å². The molecule has 1 aliphatic rings. The Labute approximate surface area is 231 Å². The fraction of sp³-hybridized carbons (Fsp3) is 0.194. The molecule has 5 aromatic rings. The molecular weight excluding hydrogens is 506 g/mol. The molecule has 1 fully saturated rings. The van der Waals surface area contributed by atoms with Crippen molar-refractivity contribution in [2.24, 2.45) is 0 Å². The molecule has 2 heterocycles. The van der Waals surface area contributed by atoms with E-state index in [1.807, 2.05) is 91.0 Å². The zero-order valence-electron chi connectivity index (χ0n) is 21.7. The summed E-state index contributed by atoms with van der Waals surface area (Å²) in [5.41, 5.74) is 2.19. The Morgan fingerprint density at radius 1 is 0.825 bits per heavy atom. The topological polar surface area (TPSA) is 105 Å². The Morgan fingerprint density at radius 2 is 1.38 bits per heavy atom. The minimum atomic E-state index is -0.961. The highest BCUT2D eigenvalue weighted by atomic mass is 16.6. The van der Waals surface area contributed by atoms with E-state index in [-0.39, 0.29) is 17.6 Å². The van der Waals surface area contributed by atoms with Crippen molar-refractivity contribution in [3.8, 4) is 17.1 Å². The SMILES string of the molecule is O=[N+]([O-])c1ccc(OC2CCOCC2)c(-c2nnn(C(c3ccccc3)(c3ccccc3)c3ccccc3)n2)c1. The molecule has 0 aliphatic carbocycles. The normalized spacial score (nSPS) is 14.1. The van der Waals surface area contributed by atoms with Crippen LogP contribution in [-0.2, 0) is 10.3 Å². The lowest BCUT2D eigenvalue weighted by atomic mass is 9.77. The zero-order chi connectivity index (χ0) is 27.4. The van der Waals surface area contributed by atoms with Crippen LogP contribution in [0.3, 0.4) is 0 Å². The number of nitro benzene ring substituents is 1. The van der Waals surface area contributed by atoms with Gasteiger partial charge in [0, 0.05) is 25.0 Å². The van der Waals surface area contributed by atoms with Crippen molar-refractivity contribution in [2.45, 2.75) is 24.5 Å². The van der Waals surface area contributed by atoms with Gasteiger partial charge in [-0.2, -0.15) is 0 Å². The van der Waals surface area contributed by atoms with Crippen molar-refractivity contribution in [2.75, 3.05) is 13.2 Å². The van der Waals surface area contributed by atoms with Crippen molar-refractivity contribution >= 4 is 5.69 Å². The average molecular weight is 534 g/mol. The molecule has 1 saturated heterocycles. The highest BCUT2D eigenvalue weighted by Gasteiger charge is 2.41. The summed E-state index contributed by atoms with van der Waals surface area (Å²) in [6, 6.07) is 34.5. The van der Waals surface area contributed by atoms with Crippen LogP contribution in [-0.4, -0.2) is 44.4 Å². The van der Waals surface area contributed by atoms with Crippen LogP contribution in [0.5, 0.6) is 5.75 Å². The number of hydrogen-bond acceptors (Lipinski definition) is 7. The van der Waals surface area contributed by atoms with Gasteiger partial charge in [-0.3, -0.25) is 10.1 Å². The number of non-ortho nitro benzene ring substituents is 1. The Balaban J connectivity index is 1.54. The number of tetrazole rings is 1. The molecule has 9 nitrogen and oxygen atoms in total. The highest BCUT2D eigenvalue weighted by Crippen LogP contribution is 2.40. The van der Waals surface area contributed by atoms with Gasteiger partial charge in [0.05, 0.1) is 23.7 Å². The molecule has 0 radical (unpaired) electrons. The van der Waals surface area contributed by atoms with Gasteiger partial charge in [0.25, 0.3) is 5.69 Å². The van der Waals surface area contributed by atoms with Gasteiger partial charge < -0.3 is 9.47 Å². The van der Waals surface area contributed by atoms with Crippen LogP contribution in [0.1, 0.15) is 29.5 Å². The maximum Gasteiger partial charge on any atom is 0.270 e. The minimum absolute atomic E-state index is 0.0685. The van der Waals surface area contributed by atoms with Gasteiger partial charge in [-0.1, -0.05) is 91.0 Å². The van der Waals surface area contributed by atoms with Gasteiger partial charge in [-0.15, -0.1) is 15.0 Å². The van der Waals surface area contributed by atoms with E-state index >= 15 is 0 Å². The highest BCUT2D eigenvalue weighted by molar-refractivity contribution is 5.67. The molecule has 0 N–H and O–H groups in total. The largest absolute Gasteiger partial charge is 0.489 e. The summed E-state index contributed by atoms with van der Waals surface area (Å²) in [4.78, 5) is 12.9. The summed E-state index contributed by atoms with van der Waals surface area (Å²) in [6.07, 6.45) is 1.40. The quantitative estimate of drug-likeness (QED) is 0.144. The fourth-order valence-electron chi connectivity index (χ4n) is 5.23. The van der Waals surface area contributed by atoms with E-state index in [0.29, 0.717) is 24.5 Å². The molecule has 9 heteroatoms. The second-order valence-electron chi connectivity index (χ2n) is 9.58. The van der Waals surface area contributed by atoms with Gasteiger partial charge in [0.2, 0.25) is 5.82 Å². The first-order chi connectivity index (χ1) is 19.7. The lowest BCUT2D eigenvalue weighted by molar-refractivity contribution is -0.384. The van der Waals surface area contributed by atoms with E-state index in [1.165, 1.54) is 12.1 Å². The predicted molar refractivity (Wildman–Crippen MR) is 149 cm³/mol. The zero-order valence-corrected chi connectivity index (χ0v) is 21.7. The second kappa shape index (κ2) is 11.1. The number of hydrogen-bond donors (Lipinski definition) is 0. The molecule has 1 aromatic heterocycles. The number of nitro groups is 1. The molecule has 0 spiro atoms. The maximum atomic E-state index is 11.7. The number of ether oxygens (including phenoxy) is 2. The Hall–Kier alpha value is -4.89. The summed E-state index contributed by atoms with van der Waals surface area (Å²) in [6.45, 7) is 1.21. The lowest BCUT2D eigenvalue weighted by Crippen LogP contribution is -2.39. The summed E-state index contributed by atoms with van der Waals surface area (Å²) >= 11 is 0. The molecule has 1 aliphatic heterocycles. The third kappa shape index (κ3) is 4.71. The van der Waals surface area contributed by atoms with E-state index in [2.05, 4.69) is 10.3 Å². The van der Waals surface area contributed by atoms with Crippen LogP contribution in [0, 0.1) is 10.1 Å². The van der Waals surface area contributed by atoms with Crippen molar-refractivity contribution < 1.29 is 14.4 Å². The minimum Gasteiger partial charge on any atom is -0.489 e. The van der Waals surface area contributed by atoms with E-state index in [4.69, 9.17) is 14.6 Å². The maximum absolute atomic E-state index is 11.7. The molecular formula is C31H27N5O4. The fourth-order valence-corrected chi connectivity index (χ4v) is 5.23. The van der Waals surface area contributed by atoms with Crippen molar-refractivity contribution in [1.29, 1.82) is 0 Å². The molecule has 0 bridgehead atoms. The van der Waals surface area contributed by atoms with Crippen LogP contribution in [0.4, 0.5) is 5.69 Å². The summed E-state index contributed by atoms with van der Waals surface area (Å²) in [5, 5.41) is 25.6. The molecule has 4 aromatic carbocycles. The predicted octanol–water partition coefficient (Wildman–Crippen LogP) is 5.65. The number of nitrogens with zero attached hydrogens (tertiary/aromatic N) is 5. The summed E-state index contributed by atoms with van der Waals surface area (Å²) in [7, 11) is 0. The lowest BCUT2D eigenvalue weighted by Gasteiger charge is -2.34. The molecule has 6 rings (SSSR count). The Morgan fingerprint density at radius 3 is 1.90 bits per heavy atom. The van der Waals surface area contributed by atoms with Crippen LogP contribution < -0.4 is 4.74 Å². The van der Waals surface area contributed by atoms with Crippen LogP contribution in [0.25, 0.3) is 11.4 Å². The molecule has 0 unspecified atom stereocenters. The first-order valence-electron chi connectivity index (χ1n) is 13.2. The standard InChI is InChI=1S/C31H27N5O4/c37-35(38)26-16-17-29(40-27-18-20-39-21-19-27)28(22-26)30-32-34-36(33-30)31(23-10-4-1-5-11-23,24-12-6-2-7-13-24)25-14-8-3-9-15-25/h1-17,22,27H,18-21H2. The number of rotatable bonds is 8. The molecule has 0 atom stereocenters. The van der Waals surface area contributed by atoms with Crippen molar-refractivity contribution in [3.05, 3.63) is 136 Å². The molecule has 0 amide bonds. The van der Waals surface area contributed by atoms with Crippen molar-refractivity contribution in [3.63, 3.8) is 0 Å². The van der Waals surface area contributed by atoms with Crippen LogP contribution in [0.15, 0.2) is 109 Å². The first-order valence-corrected chi connectivity index (χ1v) is 13.2. The average Bonchev–Trinajstić information content (AvgIpc) is 3.50. The van der Waals surface area contributed by atoms with Gasteiger partial charge in [-0.25, -0.2) is 0 Å². The molecule has 200 valence electrons. The first kappa shape index (κ1) is 25.4. The summed E-state index contributed by atoms with van der Waals surface area (Å²) < 4.78 is 11.8. The Kier molecular flexibility index (Phi) is 7.03. The number of aromatic nitrogens is 4. The van der Waals surface area contributed by atoms with Crippen LogP contribution in [0.2, 0.25) is 0 Å². The van der Waals surface area contributed by atoms with Gasteiger partial charge in [-0.05, 0) is 28.0 Å². The van der Waals surface area contributed by atoms with Gasteiger partial charge >= 0.3 is 0 Å². The molecule has 0 saturated carbocycles. The Bertz CT molecular complexity index is 1490. The molecule has 40 heavy (non-hydrogen) atoms. The third-order valence-corrected chi connectivity index (χ3v) is 7.17.